The molecule has 4 nitrogen and oxygen atoms in total. The Hall–Kier alpha value is -3.01. The molecule has 0 saturated carbocycles. The highest BCUT2D eigenvalue weighted by Crippen LogP contribution is 2.30. The molecule has 2 aromatic heterocycles. The van der Waals surface area contributed by atoms with Crippen molar-refractivity contribution < 1.29 is 4.74 Å². The third-order valence-electron chi connectivity index (χ3n) is 4.92. The van der Waals surface area contributed by atoms with Gasteiger partial charge in [0, 0.05) is 18.3 Å². The first kappa shape index (κ1) is 19.3. The zero-order valence-electron chi connectivity index (χ0n) is 16.2. The van der Waals surface area contributed by atoms with E-state index in [-0.39, 0.29) is 0 Å². The molecule has 0 aliphatic rings. The largest absolute Gasteiger partial charge is 0.486 e. The number of nitriles is 1. The molecule has 0 radical (unpaired) electrons. The number of imidazole rings is 1. The van der Waals surface area contributed by atoms with Crippen LogP contribution in [0.5, 0.6) is 0 Å². The van der Waals surface area contributed by atoms with Gasteiger partial charge in [-0.25, -0.2) is 4.98 Å². The van der Waals surface area contributed by atoms with E-state index in [1.54, 1.807) is 18.4 Å². The number of methoxy groups -OCH3 is 1. The van der Waals surface area contributed by atoms with Crippen LogP contribution < -0.4 is 0 Å². The maximum absolute atomic E-state index is 9.35. The van der Waals surface area contributed by atoms with Crippen molar-refractivity contribution >= 4 is 39.6 Å². The number of fused-ring (bicyclic) bond motifs is 1. The molecule has 0 aliphatic heterocycles. The molecule has 0 amide bonds. The van der Waals surface area contributed by atoms with Gasteiger partial charge in [-0.15, -0.1) is 11.3 Å². The molecule has 0 unspecified atom stereocenters. The number of hydrogen-bond acceptors (Lipinski definition) is 5. The monoisotopic (exact) mass is 417 g/mol. The number of thiophene rings is 1. The van der Waals surface area contributed by atoms with E-state index in [2.05, 4.69) is 41.8 Å². The summed E-state index contributed by atoms with van der Waals surface area (Å²) in [5.74, 6) is 1.03. The van der Waals surface area contributed by atoms with Gasteiger partial charge in [0.1, 0.15) is 16.2 Å². The third kappa shape index (κ3) is 3.55. The Labute approximate surface area is 179 Å². The van der Waals surface area contributed by atoms with E-state index < -0.39 is 0 Å². The fourth-order valence-electron chi connectivity index (χ4n) is 3.49. The first-order chi connectivity index (χ1) is 14.2. The summed E-state index contributed by atoms with van der Waals surface area (Å²) >= 11 is 6.96. The van der Waals surface area contributed by atoms with Gasteiger partial charge in [0.25, 0.3) is 0 Å². The molecule has 0 N–H and O–H groups in total. The number of rotatable bonds is 5. The van der Waals surface area contributed by atoms with Crippen molar-refractivity contribution in [3.63, 3.8) is 0 Å². The molecule has 0 saturated heterocycles. The van der Waals surface area contributed by atoms with Gasteiger partial charge in [-0.1, -0.05) is 49.4 Å². The second-order valence-electron chi connectivity index (χ2n) is 6.61. The fraction of sp³-hybridized carbons (Fsp3) is 0.174. The van der Waals surface area contributed by atoms with Crippen molar-refractivity contribution in [1.29, 1.82) is 5.26 Å². The van der Waals surface area contributed by atoms with Crippen molar-refractivity contribution in [2.45, 2.75) is 19.9 Å². The number of ether oxygens (including phenoxy) is 1. The Morgan fingerprint density at radius 2 is 1.97 bits per heavy atom. The average Bonchev–Trinajstić information content (AvgIpc) is 3.33. The molecular weight excluding hydrogens is 398 g/mol. The van der Waals surface area contributed by atoms with Crippen LogP contribution in [0.2, 0.25) is 0 Å². The lowest BCUT2D eigenvalue weighted by Crippen LogP contribution is -2.07. The molecule has 6 heteroatoms. The summed E-state index contributed by atoms with van der Waals surface area (Å²) in [6.07, 6.45) is 0.839. The van der Waals surface area contributed by atoms with E-state index in [0.717, 1.165) is 44.8 Å². The highest BCUT2D eigenvalue weighted by atomic mass is 32.1. The summed E-state index contributed by atoms with van der Waals surface area (Å²) in [5, 5.41) is 11.9. The standard InChI is InChI=1S/C23H19N3OS2/c1-3-20-25-19-14-29-22(23(28)27-2)21(19)26(20)13-15-8-10-16(11-9-15)18-7-5-4-6-17(18)12-24/h4-11,14H,3,13H2,1-2H3. The lowest BCUT2D eigenvalue weighted by Gasteiger charge is -2.11. The van der Waals surface area contributed by atoms with Gasteiger partial charge >= 0.3 is 0 Å². The van der Waals surface area contributed by atoms with Crippen LogP contribution in [-0.2, 0) is 17.7 Å². The van der Waals surface area contributed by atoms with Gasteiger partial charge in [0.05, 0.1) is 24.3 Å². The van der Waals surface area contributed by atoms with Crippen LogP contribution in [0.4, 0.5) is 0 Å². The smallest absolute Gasteiger partial charge is 0.203 e. The molecular formula is C23H19N3OS2. The highest BCUT2D eigenvalue weighted by molar-refractivity contribution is 7.80. The van der Waals surface area contributed by atoms with Crippen LogP contribution in [0.3, 0.4) is 0 Å². The van der Waals surface area contributed by atoms with E-state index in [0.29, 0.717) is 17.2 Å². The van der Waals surface area contributed by atoms with Gasteiger partial charge in [-0.3, -0.25) is 0 Å². The minimum atomic E-state index is 0.497. The minimum Gasteiger partial charge on any atom is -0.486 e. The Balaban J connectivity index is 1.71. The molecule has 0 aliphatic carbocycles. The summed E-state index contributed by atoms with van der Waals surface area (Å²) < 4.78 is 7.54. The van der Waals surface area contributed by atoms with Crippen LogP contribution in [0.15, 0.2) is 53.9 Å². The first-order valence-corrected chi connectivity index (χ1v) is 10.6. The van der Waals surface area contributed by atoms with E-state index in [4.69, 9.17) is 21.9 Å². The predicted molar refractivity (Wildman–Crippen MR) is 121 cm³/mol. The molecule has 4 rings (SSSR count). The maximum Gasteiger partial charge on any atom is 0.203 e. The third-order valence-corrected chi connectivity index (χ3v) is 6.37. The SMILES string of the molecule is CCc1nc2csc(C(=S)OC)c2n1Cc1ccc(-c2ccccc2C#N)cc1. The van der Waals surface area contributed by atoms with Crippen molar-refractivity contribution in [3.8, 4) is 17.2 Å². The molecule has 2 aromatic carbocycles. The number of nitrogens with zero attached hydrogens (tertiary/aromatic N) is 3. The van der Waals surface area contributed by atoms with E-state index >= 15 is 0 Å². The second-order valence-corrected chi connectivity index (χ2v) is 7.86. The van der Waals surface area contributed by atoms with Crippen LogP contribution in [0, 0.1) is 11.3 Å². The van der Waals surface area contributed by atoms with Crippen molar-refractivity contribution in [2.24, 2.45) is 0 Å². The average molecular weight is 418 g/mol. The van der Waals surface area contributed by atoms with Gasteiger partial charge in [0.2, 0.25) is 5.05 Å². The second kappa shape index (κ2) is 8.16. The zero-order chi connectivity index (χ0) is 20.4. The number of benzene rings is 2. The first-order valence-electron chi connectivity index (χ1n) is 9.29. The Kier molecular flexibility index (Phi) is 5.43. The minimum absolute atomic E-state index is 0.497. The lowest BCUT2D eigenvalue weighted by atomic mass is 9.99. The van der Waals surface area contributed by atoms with Gasteiger partial charge in [-0.2, -0.15) is 5.26 Å². The topological polar surface area (TPSA) is 50.8 Å². The van der Waals surface area contributed by atoms with Crippen LogP contribution in [0.25, 0.3) is 22.2 Å². The van der Waals surface area contributed by atoms with E-state index in [1.807, 2.05) is 29.6 Å². The number of thiocarbonyl (C=S) groups is 1. The molecule has 29 heavy (non-hydrogen) atoms. The number of hydrogen-bond donors (Lipinski definition) is 0. The number of aromatic nitrogens is 2. The van der Waals surface area contributed by atoms with Gasteiger partial charge in [0.15, 0.2) is 0 Å². The molecule has 0 spiro atoms. The zero-order valence-corrected chi connectivity index (χ0v) is 17.8. The molecule has 0 atom stereocenters. The summed E-state index contributed by atoms with van der Waals surface area (Å²) in [6.45, 7) is 2.81. The van der Waals surface area contributed by atoms with Crippen molar-refractivity contribution in [1.82, 2.24) is 9.55 Å². The van der Waals surface area contributed by atoms with E-state index in [9.17, 15) is 5.26 Å². The van der Waals surface area contributed by atoms with Crippen LogP contribution in [-0.4, -0.2) is 21.7 Å². The molecule has 0 bridgehead atoms. The number of aryl methyl sites for hydroxylation is 1. The van der Waals surface area contributed by atoms with Gasteiger partial charge in [-0.05, 0) is 35.0 Å². The van der Waals surface area contributed by atoms with Crippen molar-refractivity contribution in [2.75, 3.05) is 7.11 Å². The highest BCUT2D eigenvalue weighted by Gasteiger charge is 2.18. The molecule has 4 aromatic rings. The normalized spacial score (nSPS) is 10.8. The summed E-state index contributed by atoms with van der Waals surface area (Å²) in [6, 6.07) is 18.3. The maximum atomic E-state index is 9.35. The lowest BCUT2D eigenvalue weighted by molar-refractivity contribution is 0.417. The van der Waals surface area contributed by atoms with Crippen LogP contribution >= 0.6 is 23.6 Å². The Morgan fingerprint density at radius 3 is 2.66 bits per heavy atom. The van der Waals surface area contributed by atoms with Gasteiger partial charge < -0.3 is 9.30 Å². The molecule has 144 valence electrons. The summed E-state index contributed by atoms with van der Waals surface area (Å²) in [4.78, 5) is 5.72. The van der Waals surface area contributed by atoms with Crippen molar-refractivity contribution in [3.05, 3.63) is 75.7 Å². The fourth-order valence-corrected chi connectivity index (χ4v) is 4.63. The Morgan fingerprint density at radius 1 is 1.21 bits per heavy atom. The summed E-state index contributed by atoms with van der Waals surface area (Å²) in [7, 11) is 1.60. The Bertz CT molecular complexity index is 1230. The van der Waals surface area contributed by atoms with E-state index in [1.165, 1.54) is 0 Å². The quantitative estimate of drug-likeness (QED) is 0.398. The predicted octanol–water partition coefficient (Wildman–Crippen LogP) is 5.57. The molecule has 2 heterocycles. The molecule has 0 fully saturated rings. The summed E-state index contributed by atoms with van der Waals surface area (Å²) in [5.41, 5.74) is 5.83. The van der Waals surface area contributed by atoms with Crippen LogP contribution in [0.1, 0.15) is 28.8 Å².